The van der Waals surface area contributed by atoms with E-state index in [9.17, 15) is 0 Å². The average molecular weight is 279 g/mol. The van der Waals surface area contributed by atoms with Crippen LogP contribution in [-0.4, -0.2) is 23.9 Å². The van der Waals surface area contributed by atoms with Gasteiger partial charge in [-0.25, -0.2) is 0 Å². The Hall–Kier alpha value is -1.03. The number of ether oxygens (including phenoxy) is 1. The molecule has 2 rings (SSSR count). The quantitative estimate of drug-likeness (QED) is 0.791. The van der Waals surface area contributed by atoms with Crippen LogP contribution in [-0.2, 0) is 6.54 Å². The van der Waals surface area contributed by atoms with Gasteiger partial charge in [0.05, 0.1) is 25.0 Å². The van der Waals surface area contributed by atoms with E-state index in [1.165, 1.54) is 44.2 Å². The molecule has 0 aromatic carbocycles. The molecule has 20 heavy (non-hydrogen) atoms. The maximum Gasteiger partial charge on any atom is 0.161 e. The van der Waals surface area contributed by atoms with Crippen molar-refractivity contribution in [2.45, 2.75) is 64.5 Å². The van der Waals surface area contributed by atoms with Gasteiger partial charge in [0.1, 0.15) is 0 Å². The van der Waals surface area contributed by atoms with Gasteiger partial charge in [0.15, 0.2) is 5.75 Å². The van der Waals surface area contributed by atoms with Crippen molar-refractivity contribution in [1.29, 1.82) is 0 Å². The molecule has 0 radical (unpaired) electrons. The molecule has 0 aliphatic heterocycles. The minimum absolute atomic E-state index is 0.347. The molecule has 0 bridgehead atoms. The highest BCUT2D eigenvalue weighted by molar-refractivity contribution is 5.28. The fraction of sp³-hybridized carbons (Fsp3) is 0.812. The zero-order valence-corrected chi connectivity index (χ0v) is 13.2. The van der Waals surface area contributed by atoms with Crippen molar-refractivity contribution in [3.05, 3.63) is 11.9 Å². The van der Waals surface area contributed by atoms with Gasteiger partial charge in [-0.05, 0) is 32.2 Å². The van der Waals surface area contributed by atoms with Crippen LogP contribution in [0.2, 0.25) is 0 Å². The lowest BCUT2D eigenvalue weighted by Gasteiger charge is -2.21. The van der Waals surface area contributed by atoms with E-state index in [0.29, 0.717) is 6.04 Å². The molecule has 0 spiro atoms. The van der Waals surface area contributed by atoms with E-state index in [1.54, 1.807) is 7.11 Å². The third-order valence-corrected chi connectivity index (χ3v) is 4.52. The number of nitrogens with zero attached hydrogens (tertiary/aromatic N) is 2. The fourth-order valence-corrected chi connectivity index (χ4v) is 3.40. The molecule has 4 heteroatoms. The second-order valence-corrected chi connectivity index (χ2v) is 5.89. The summed E-state index contributed by atoms with van der Waals surface area (Å²) < 4.78 is 7.61. The van der Waals surface area contributed by atoms with Crippen molar-refractivity contribution in [3.63, 3.8) is 0 Å². The van der Waals surface area contributed by atoms with Gasteiger partial charge in [0.25, 0.3) is 0 Å². The van der Waals surface area contributed by atoms with Crippen LogP contribution in [0.1, 0.15) is 63.6 Å². The summed E-state index contributed by atoms with van der Waals surface area (Å²) in [6, 6.07) is 0.347. The minimum Gasteiger partial charge on any atom is -0.493 e. The number of hydrogen-bond acceptors (Lipinski definition) is 3. The molecule has 1 unspecified atom stereocenters. The highest BCUT2D eigenvalue weighted by atomic mass is 16.5. The largest absolute Gasteiger partial charge is 0.493 e. The smallest absolute Gasteiger partial charge is 0.161 e. The Morgan fingerprint density at radius 2 is 2.20 bits per heavy atom. The van der Waals surface area contributed by atoms with Gasteiger partial charge in [0.2, 0.25) is 0 Å². The predicted molar refractivity (Wildman–Crippen MR) is 82.1 cm³/mol. The van der Waals surface area contributed by atoms with E-state index >= 15 is 0 Å². The first kappa shape index (κ1) is 15.4. The van der Waals surface area contributed by atoms with Crippen LogP contribution in [0.25, 0.3) is 0 Å². The maximum atomic E-state index is 5.50. The van der Waals surface area contributed by atoms with Crippen molar-refractivity contribution in [3.8, 4) is 5.75 Å². The molecule has 1 aromatic rings. The number of rotatable bonds is 8. The third kappa shape index (κ3) is 3.54. The van der Waals surface area contributed by atoms with E-state index in [0.717, 1.165) is 24.6 Å². The summed E-state index contributed by atoms with van der Waals surface area (Å²) in [4.78, 5) is 0. The number of methoxy groups -OCH3 is 1. The summed E-state index contributed by atoms with van der Waals surface area (Å²) in [5.41, 5.74) is 1.22. The van der Waals surface area contributed by atoms with Gasteiger partial charge in [0, 0.05) is 6.54 Å². The van der Waals surface area contributed by atoms with Crippen LogP contribution in [0.3, 0.4) is 0 Å². The zero-order valence-electron chi connectivity index (χ0n) is 13.2. The van der Waals surface area contributed by atoms with Crippen LogP contribution in [0, 0.1) is 5.92 Å². The normalized spacial score (nSPS) is 17.6. The number of nitrogens with one attached hydrogen (secondary N) is 1. The average Bonchev–Trinajstić information content (AvgIpc) is 3.10. The van der Waals surface area contributed by atoms with Crippen molar-refractivity contribution < 1.29 is 4.74 Å². The number of aryl methyl sites for hydroxylation is 1. The fourth-order valence-electron chi connectivity index (χ4n) is 3.40. The van der Waals surface area contributed by atoms with E-state index in [4.69, 9.17) is 4.74 Å². The molecular formula is C16H29N3O. The van der Waals surface area contributed by atoms with Crippen molar-refractivity contribution in [1.82, 2.24) is 15.1 Å². The van der Waals surface area contributed by atoms with E-state index < -0.39 is 0 Å². The highest BCUT2D eigenvalue weighted by Crippen LogP contribution is 2.33. The molecule has 1 aromatic heterocycles. The summed E-state index contributed by atoms with van der Waals surface area (Å²) in [6.45, 7) is 3.14. The molecular weight excluding hydrogens is 250 g/mol. The molecule has 1 saturated carbocycles. The summed E-state index contributed by atoms with van der Waals surface area (Å²) in [5.74, 6) is 1.85. The van der Waals surface area contributed by atoms with Gasteiger partial charge >= 0.3 is 0 Å². The van der Waals surface area contributed by atoms with Crippen molar-refractivity contribution in [2.24, 2.45) is 5.92 Å². The predicted octanol–water partition coefficient (Wildman–Crippen LogP) is 3.53. The lowest BCUT2D eigenvalue weighted by atomic mass is 9.97. The summed E-state index contributed by atoms with van der Waals surface area (Å²) in [7, 11) is 3.78. The number of aromatic nitrogens is 2. The summed E-state index contributed by atoms with van der Waals surface area (Å²) in [6.07, 6.45) is 11.1. The molecule has 1 atom stereocenters. The van der Waals surface area contributed by atoms with Gasteiger partial charge in [-0.3, -0.25) is 4.68 Å². The van der Waals surface area contributed by atoms with Crippen molar-refractivity contribution >= 4 is 0 Å². The van der Waals surface area contributed by atoms with Crippen LogP contribution >= 0.6 is 0 Å². The topological polar surface area (TPSA) is 39.1 Å². The Balaban J connectivity index is 2.06. The molecule has 1 aliphatic carbocycles. The maximum absolute atomic E-state index is 5.50. The molecule has 1 N–H and O–H groups in total. The molecule has 1 fully saturated rings. The zero-order chi connectivity index (χ0) is 14.4. The number of hydrogen-bond donors (Lipinski definition) is 1. The molecule has 0 saturated heterocycles. The Labute approximate surface area is 122 Å². The third-order valence-electron chi connectivity index (χ3n) is 4.52. The Kier molecular flexibility index (Phi) is 5.89. The van der Waals surface area contributed by atoms with Crippen LogP contribution in [0.15, 0.2) is 6.20 Å². The van der Waals surface area contributed by atoms with E-state index in [1.807, 2.05) is 13.2 Å². The van der Waals surface area contributed by atoms with Gasteiger partial charge in [-0.15, -0.1) is 0 Å². The van der Waals surface area contributed by atoms with Gasteiger partial charge < -0.3 is 10.1 Å². The molecule has 114 valence electrons. The highest BCUT2D eigenvalue weighted by Gasteiger charge is 2.23. The molecule has 4 nitrogen and oxygen atoms in total. The van der Waals surface area contributed by atoms with E-state index in [-0.39, 0.29) is 0 Å². The minimum atomic E-state index is 0.347. The first-order valence-corrected chi connectivity index (χ1v) is 8.07. The second-order valence-electron chi connectivity index (χ2n) is 5.89. The van der Waals surface area contributed by atoms with Gasteiger partial charge in [-0.2, -0.15) is 5.10 Å². The lowest BCUT2D eigenvalue weighted by Crippen LogP contribution is -2.22. The Bertz CT molecular complexity index is 396. The van der Waals surface area contributed by atoms with Gasteiger partial charge in [-0.1, -0.05) is 32.6 Å². The van der Waals surface area contributed by atoms with Crippen molar-refractivity contribution in [2.75, 3.05) is 14.2 Å². The lowest BCUT2D eigenvalue weighted by molar-refractivity contribution is 0.372. The Morgan fingerprint density at radius 3 is 2.80 bits per heavy atom. The second kappa shape index (κ2) is 7.67. The summed E-state index contributed by atoms with van der Waals surface area (Å²) >= 11 is 0. The van der Waals surface area contributed by atoms with E-state index in [2.05, 4.69) is 22.0 Å². The first-order chi connectivity index (χ1) is 9.80. The summed E-state index contributed by atoms with van der Waals surface area (Å²) in [5, 5.41) is 7.94. The Morgan fingerprint density at radius 1 is 1.45 bits per heavy atom. The first-order valence-electron chi connectivity index (χ1n) is 8.07. The van der Waals surface area contributed by atoms with Crippen LogP contribution in [0.5, 0.6) is 5.75 Å². The monoisotopic (exact) mass is 279 g/mol. The molecule has 0 amide bonds. The molecule has 1 heterocycles. The molecule has 1 aliphatic rings. The van der Waals surface area contributed by atoms with Crippen LogP contribution in [0.4, 0.5) is 0 Å². The SMILES string of the molecule is CCCn1ncc(OC)c1C(CCC1CCCC1)NC. The standard InChI is InChI=1S/C16H29N3O/c1-4-11-19-16(15(20-3)12-18-19)14(17-2)10-9-13-7-5-6-8-13/h12-14,17H,4-11H2,1-3H3. The van der Waals surface area contributed by atoms with Crippen LogP contribution < -0.4 is 10.1 Å².